The van der Waals surface area contributed by atoms with E-state index in [4.69, 9.17) is 4.55 Å². The molecule has 1 aliphatic heterocycles. The molecule has 0 radical (unpaired) electrons. The van der Waals surface area contributed by atoms with Gasteiger partial charge >= 0.3 is 0 Å². The average molecular weight is 209 g/mol. The highest BCUT2D eigenvalue weighted by Crippen LogP contribution is 2.16. The van der Waals surface area contributed by atoms with Crippen LogP contribution in [0.15, 0.2) is 0 Å². The molecule has 0 saturated carbocycles. The van der Waals surface area contributed by atoms with E-state index < -0.39 is 10.1 Å². The molecule has 1 unspecified atom stereocenters. The lowest BCUT2D eigenvalue weighted by atomic mass is 10.1. The predicted molar refractivity (Wildman–Crippen MR) is 53.4 cm³/mol. The van der Waals surface area contributed by atoms with Gasteiger partial charge in [-0.2, -0.15) is 8.42 Å². The molecule has 0 aromatic rings. The van der Waals surface area contributed by atoms with Gasteiger partial charge in [-0.1, -0.05) is 13.3 Å². The Bertz CT molecular complexity index is 218. The smallest absolute Gasteiger partial charge is 0.261 e. The molecule has 1 heterocycles. The lowest BCUT2D eigenvalue weighted by Crippen LogP contribution is -2.13. The third-order valence-electron chi connectivity index (χ3n) is 2.07. The average Bonchev–Trinajstić information content (AvgIpc) is 2.31. The van der Waals surface area contributed by atoms with E-state index in [1.807, 2.05) is 0 Å². The number of hydrogen-bond donors (Lipinski definition) is 1. The molecule has 1 fully saturated rings. The summed E-state index contributed by atoms with van der Waals surface area (Å²) in [7, 11) is -1.46. The van der Waals surface area contributed by atoms with E-state index in [0.717, 1.165) is 5.92 Å². The van der Waals surface area contributed by atoms with Gasteiger partial charge in [0, 0.05) is 6.54 Å². The lowest BCUT2D eigenvalue weighted by molar-refractivity contribution is 0.392. The summed E-state index contributed by atoms with van der Waals surface area (Å²) in [5.41, 5.74) is 0. The van der Waals surface area contributed by atoms with Crippen molar-refractivity contribution in [3.05, 3.63) is 0 Å². The zero-order valence-electron chi connectivity index (χ0n) is 8.52. The van der Waals surface area contributed by atoms with Crippen molar-refractivity contribution >= 4 is 10.1 Å². The largest absolute Gasteiger partial charge is 0.306 e. The zero-order valence-corrected chi connectivity index (χ0v) is 9.34. The molecule has 5 heteroatoms. The Hall–Kier alpha value is -0.130. The third-order valence-corrected chi connectivity index (χ3v) is 2.07. The summed E-state index contributed by atoms with van der Waals surface area (Å²) >= 11 is 0. The van der Waals surface area contributed by atoms with E-state index in [2.05, 4.69) is 18.9 Å². The van der Waals surface area contributed by atoms with Gasteiger partial charge in [-0.15, -0.1) is 0 Å². The molecule has 0 bridgehead atoms. The molecule has 0 spiro atoms. The van der Waals surface area contributed by atoms with Crippen LogP contribution < -0.4 is 0 Å². The molecule has 0 aromatic heterocycles. The highest BCUT2D eigenvalue weighted by atomic mass is 32.2. The van der Waals surface area contributed by atoms with Gasteiger partial charge in [-0.05, 0) is 25.9 Å². The molecule has 13 heavy (non-hydrogen) atoms. The Kier molecular flexibility index (Phi) is 5.51. The molecule has 4 nitrogen and oxygen atoms in total. The van der Waals surface area contributed by atoms with Gasteiger partial charge in [0.2, 0.25) is 0 Å². The maximum absolute atomic E-state index is 9.19. The second kappa shape index (κ2) is 5.57. The summed E-state index contributed by atoms with van der Waals surface area (Å²) < 4.78 is 25.9. The molecule has 0 aliphatic carbocycles. The Balaban J connectivity index is 0.000000252. The molecule has 1 atom stereocenters. The first-order valence-corrected chi connectivity index (χ1v) is 6.28. The van der Waals surface area contributed by atoms with Crippen LogP contribution in [0.25, 0.3) is 0 Å². The van der Waals surface area contributed by atoms with Crippen molar-refractivity contribution in [3.63, 3.8) is 0 Å². The summed E-state index contributed by atoms with van der Waals surface area (Å²) in [6.07, 6.45) is 3.50. The van der Waals surface area contributed by atoms with E-state index in [-0.39, 0.29) is 0 Å². The van der Waals surface area contributed by atoms with E-state index in [1.165, 1.54) is 25.9 Å². The molecule has 1 N–H and O–H groups in total. The Morgan fingerprint density at radius 3 is 2.15 bits per heavy atom. The number of hydrogen-bond acceptors (Lipinski definition) is 3. The highest BCUT2D eigenvalue weighted by Gasteiger charge is 2.16. The number of likely N-dealkylation sites (tertiary alicyclic amines) is 1. The van der Waals surface area contributed by atoms with Crippen LogP contribution in [0.2, 0.25) is 0 Å². The molecule has 1 saturated heterocycles. The highest BCUT2D eigenvalue weighted by molar-refractivity contribution is 7.85. The summed E-state index contributed by atoms with van der Waals surface area (Å²) in [4.78, 5) is 2.41. The normalized spacial score (nSPS) is 23.8. The fourth-order valence-corrected chi connectivity index (χ4v) is 1.36. The number of rotatable bonds is 1. The van der Waals surface area contributed by atoms with Gasteiger partial charge in [-0.3, -0.25) is 4.55 Å². The van der Waals surface area contributed by atoms with E-state index in [0.29, 0.717) is 6.26 Å². The minimum atomic E-state index is -3.67. The van der Waals surface area contributed by atoms with Crippen LogP contribution in [0.1, 0.15) is 19.8 Å². The van der Waals surface area contributed by atoms with Gasteiger partial charge in [0.05, 0.1) is 6.26 Å². The van der Waals surface area contributed by atoms with E-state index in [1.54, 1.807) is 0 Å². The zero-order chi connectivity index (χ0) is 10.5. The van der Waals surface area contributed by atoms with Gasteiger partial charge in [0.25, 0.3) is 10.1 Å². The monoisotopic (exact) mass is 209 g/mol. The molecular formula is C8H19NO3S. The molecule has 80 valence electrons. The first-order chi connectivity index (χ1) is 5.83. The minimum absolute atomic E-state index is 0.715. The van der Waals surface area contributed by atoms with Crippen molar-refractivity contribution in [1.29, 1.82) is 0 Å². The minimum Gasteiger partial charge on any atom is -0.306 e. The summed E-state index contributed by atoms with van der Waals surface area (Å²) in [6.45, 7) is 4.93. The quantitative estimate of drug-likeness (QED) is 0.651. The summed E-state index contributed by atoms with van der Waals surface area (Å²) in [5, 5.41) is 0. The first-order valence-electron chi connectivity index (χ1n) is 4.44. The molecule has 0 amide bonds. The van der Waals surface area contributed by atoms with Crippen LogP contribution in [-0.2, 0) is 10.1 Å². The van der Waals surface area contributed by atoms with E-state index in [9.17, 15) is 8.42 Å². The number of nitrogens with zero attached hydrogens (tertiary/aromatic N) is 1. The fourth-order valence-electron chi connectivity index (χ4n) is 1.36. The van der Waals surface area contributed by atoms with Crippen molar-refractivity contribution < 1.29 is 13.0 Å². The second-order valence-corrected chi connectivity index (χ2v) is 5.02. The van der Waals surface area contributed by atoms with Crippen LogP contribution in [0.5, 0.6) is 0 Å². The predicted octanol–water partition coefficient (Wildman–Crippen LogP) is 0.852. The molecule has 0 aromatic carbocycles. The van der Waals surface area contributed by atoms with Crippen LogP contribution >= 0.6 is 0 Å². The SMILES string of the molecule is CCC1CCN(C)C1.CS(=O)(=O)O. The van der Waals surface area contributed by atoms with Crippen molar-refractivity contribution in [2.45, 2.75) is 19.8 Å². The van der Waals surface area contributed by atoms with Crippen LogP contribution in [0.4, 0.5) is 0 Å². The molecular weight excluding hydrogens is 190 g/mol. The summed E-state index contributed by atoms with van der Waals surface area (Å²) in [6, 6.07) is 0. The van der Waals surface area contributed by atoms with Crippen molar-refractivity contribution in [1.82, 2.24) is 4.90 Å². The lowest BCUT2D eigenvalue weighted by Gasteiger charge is -2.05. The van der Waals surface area contributed by atoms with Crippen molar-refractivity contribution in [2.24, 2.45) is 5.92 Å². The van der Waals surface area contributed by atoms with E-state index >= 15 is 0 Å². The Labute approximate surface area is 80.7 Å². The maximum atomic E-state index is 9.19. The van der Waals surface area contributed by atoms with Crippen LogP contribution in [-0.4, -0.2) is 44.3 Å². The first kappa shape index (κ1) is 12.9. The standard InChI is InChI=1S/C7H15N.CH4O3S/c1-3-7-4-5-8(2)6-7;1-5(2,3)4/h7H,3-6H2,1-2H3;1H3,(H,2,3,4). The van der Waals surface area contributed by atoms with Gasteiger partial charge in [0.15, 0.2) is 0 Å². The molecule has 1 rings (SSSR count). The van der Waals surface area contributed by atoms with Crippen LogP contribution in [0.3, 0.4) is 0 Å². The third kappa shape index (κ3) is 9.79. The van der Waals surface area contributed by atoms with Gasteiger partial charge in [-0.25, -0.2) is 0 Å². The van der Waals surface area contributed by atoms with Gasteiger partial charge < -0.3 is 4.90 Å². The van der Waals surface area contributed by atoms with Crippen molar-refractivity contribution in [3.8, 4) is 0 Å². The molecule has 1 aliphatic rings. The topological polar surface area (TPSA) is 57.6 Å². The van der Waals surface area contributed by atoms with Crippen LogP contribution in [0, 0.1) is 5.92 Å². The Morgan fingerprint density at radius 2 is 2.00 bits per heavy atom. The summed E-state index contributed by atoms with van der Waals surface area (Å²) in [5.74, 6) is 1.000. The maximum Gasteiger partial charge on any atom is 0.261 e. The fraction of sp³-hybridized carbons (Fsp3) is 1.00. The van der Waals surface area contributed by atoms with Gasteiger partial charge in [0.1, 0.15) is 0 Å². The van der Waals surface area contributed by atoms with Crippen molar-refractivity contribution in [2.75, 3.05) is 26.4 Å². The second-order valence-electron chi connectivity index (χ2n) is 3.56. The Morgan fingerprint density at radius 1 is 1.54 bits per heavy atom.